The van der Waals surface area contributed by atoms with Crippen molar-refractivity contribution >= 4 is 34.7 Å². The van der Waals surface area contributed by atoms with Gasteiger partial charge in [0.05, 0.1) is 46.8 Å². The summed E-state index contributed by atoms with van der Waals surface area (Å²) in [6, 6.07) is 2.27. The van der Waals surface area contributed by atoms with Crippen molar-refractivity contribution in [2.24, 2.45) is 0 Å². The van der Waals surface area contributed by atoms with Crippen molar-refractivity contribution in [1.82, 2.24) is 25.1 Å². The summed E-state index contributed by atoms with van der Waals surface area (Å²) in [6.45, 7) is 4.25. The van der Waals surface area contributed by atoms with Gasteiger partial charge in [-0.1, -0.05) is 13.3 Å². The van der Waals surface area contributed by atoms with Crippen LogP contribution in [0.2, 0.25) is 0 Å². The molecule has 0 aliphatic rings. The zero-order chi connectivity index (χ0) is 23.7. The Bertz CT molecular complexity index is 1040. The Morgan fingerprint density at radius 2 is 2.00 bits per heavy atom. The first-order valence-corrected chi connectivity index (χ1v) is 9.72. The molecule has 3 heterocycles. The minimum Gasteiger partial charge on any atom is -0.383 e. The number of aromatic amines is 1. The number of nitrogens with two attached hydrogens (primary N) is 1. The third-order valence-electron chi connectivity index (χ3n) is 4.29. The van der Waals surface area contributed by atoms with Crippen LogP contribution in [0.1, 0.15) is 37.9 Å². The molecule has 0 unspecified atom stereocenters. The summed E-state index contributed by atoms with van der Waals surface area (Å²) in [5, 5.41) is 9.92. The maximum atomic E-state index is 12.3. The quantitative estimate of drug-likeness (QED) is 0.472. The predicted molar refractivity (Wildman–Crippen MR) is 113 cm³/mol. The molecular formula is C20H24F3N7O2. The van der Waals surface area contributed by atoms with Gasteiger partial charge in [-0.05, 0) is 18.6 Å². The van der Waals surface area contributed by atoms with Gasteiger partial charge in [-0.25, -0.2) is 4.98 Å². The van der Waals surface area contributed by atoms with Gasteiger partial charge < -0.3 is 16.0 Å². The summed E-state index contributed by atoms with van der Waals surface area (Å²) in [7, 11) is 0. The molecule has 9 nitrogen and oxygen atoms in total. The second-order valence-electron chi connectivity index (χ2n) is 6.86. The molecule has 0 saturated carbocycles. The summed E-state index contributed by atoms with van der Waals surface area (Å²) < 4.78 is 36.9. The number of hydrogen-bond acceptors (Lipinski definition) is 6. The maximum absolute atomic E-state index is 12.3. The van der Waals surface area contributed by atoms with Crippen molar-refractivity contribution in [2.45, 2.75) is 39.4 Å². The number of aromatic nitrogens is 4. The molecule has 3 aromatic rings. The number of rotatable bonds is 7. The van der Waals surface area contributed by atoms with Gasteiger partial charge in [-0.15, -0.1) is 0 Å². The molecular weight excluding hydrogens is 427 g/mol. The van der Waals surface area contributed by atoms with E-state index >= 15 is 0 Å². The average molecular weight is 451 g/mol. The van der Waals surface area contributed by atoms with E-state index in [1.807, 2.05) is 6.92 Å². The van der Waals surface area contributed by atoms with Crippen LogP contribution in [0, 0.1) is 0 Å². The minimum atomic E-state index is -4.38. The van der Waals surface area contributed by atoms with Gasteiger partial charge in [0, 0.05) is 19.7 Å². The molecule has 0 aromatic carbocycles. The summed E-state index contributed by atoms with van der Waals surface area (Å²) in [5.74, 6) is 0.232. The normalized spacial score (nSPS) is 10.9. The van der Waals surface area contributed by atoms with Crippen molar-refractivity contribution in [3.05, 3.63) is 42.0 Å². The highest BCUT2D eigenvalue weighted by atomic mass is 19.4. The molecule has 0 radical (unpaired) electrons. The molecule has 3 rings (SSSR count). The molecule has 32 heavy (non-hydrogen) atoms. The van der Waals surface area contributed by atoms with Crippen LogP contribution >= 0.6 is 0 Å². The summed E-state index contributed by atoms with van der Waals surface area (Å²) in [6.07, 6.45) is 1.98. The average Bonchev–Trinajstić information content (AvgIpc) is 3.24. The van der Waals surface area contributed by atoms with Crippen LogP contribution in [0.4, 0.5) is 24.7 Å². The Labute approximate surface area is 182 Å². The number of nitrogen functional groups attached to an aromatic ring is 1. The number of anilines is 2. The Hall–Kier alpha value is -3.70. The number of unbranched alkanes of at least 4 members (excludes halogenated alkanes) is 1. The van der Waals surface area contributed by atoms with Crippen molar-refractivity contribution < 1.29 is 22.8 Å². The number of carbonyl (C=O) groups excluding carboxylic acids is 2. The Balaban J connectivity index is 0.000000233. The second kappa shape index (κ2) is 11.1. The van der Waals surface area contributed by atoms with Crippen molar-refractivity contribution in [3.63, 3.8) is 0 Å². The number of nitrogens with zero attached hydrogens (tertiary/aromatic N) is 4. The largest absolute Gasteiger partial charge is 0.417 e. The van der Waals surface area contributed by atoms with Gasteiger partial charge in [0.2, 0.25) is 12.3 Å². The van der Waals surface area contributed by atoms with E-state index in [0.717, 1.165) is 25.1 Å². The standard InChI is InChI=1S/C12H15F3N2O.C8H9N5O/c1-2-3-6-17(9-18)8-11-5-4-10(7-16-11)12(13,14)15;1-4(14)12-6-3-10-8(9)5-2-11-13-7(5)6/h4-5,7,9H,2-3,6,8H2,1H3;2-3H,1H3,(H2,9,10)(H,11,13)(H,12,14). The Morgan fingerprint density at radius 1 is 1.25 bits per heavy atom. The van der Waals surface area contributed by atoms with Crippen LogP contribution in [-0.2, 0) is 22.3 Å². The lowest BCUT2D eigenvalue weighted by atomic mass is 10.2. The van der Waals surface area contributed by atoms with Gasteiger partial charge in [0.1, 0.15) is 5.82 Å². The van der Waals surface area contributed by atoms with Gasteiger partial charge in [-0.3, -0.25) is 19.7 Å². The van der Waals surface area contributed by atoms with E-state index in [9.17, 15) is 22.8 Å². The predicted octanol–water partition coefficient (Wildman–Crippen LogP) is 3.36. The lowest BCUT2D eigenvalue weighted by molar-refractivity contribution is -0.137. The highest BCUT2D eigenvalue weighted by Gasteiger charge is 2.30. The monoisotopic (exact) mass is 451 g/mol. The smallest absolute Gasteiger partial charge is 0.383 e. The van der Waals surface area contributed by atoms with E-state index in [0.29, 0.717) is 41.1 Å². The fourth-order valence-electron chi connectivity index (χ4n) is 2.66. The van der Waals surface area contributed by atoms with Crippen molar-refractivity contribution in [3.8, 4) is 0 Å². The van der Waals surface area contributed by atoms with E-state index in [4.69, 9.17) is 5.73 Å². The Kier molecular flexibility index (Phi) is 8.50. The van der Waals surface area contributed by atoms with Crippen LogP contribution < -0.4 is 11.1 Å². The van der Waals surface area contributed by atoms with E-state index in [1.54, 1.807) is 6.20 Å². The first-order valence-electron chi connectivity index (χ1n) is 9.72. The van der Waals surface area contributed by atoms with Gasteiger partial charge in [0.15, 0.2) is 0 Å². The van der Waals surface area contributed by atoms with Crippen LogP contribution in [0.3, 0.4) is 0 Å². The molecule has 0 saturated heterocycles. The minimum absolute atomic E-state index is 0.160. The SMILES string of the molecule is CC(=O)Nc1cnc(N)c2cn[nH]c12.CCCCN(C=O)Cc1ccc(C(F)(F)F)cn1. The number of pyridine rings is 2. The zero-order valence-corrected chi connectivity index (χ0v) is 17.6. The van der Waals surface area contributed by atoms with Crippen LogP contribution in [0.25, 0.3) is 10.9 Å². The molecule has 0 bridgehead atoms. The van der Waals surface area contributed by atoms with Crippen molar-refractivity contribution in [2.75, 3.05) is 17.6 Å². The molecule has 2 amide bonds. The third-order valence-corrected chi connectivity index (χ3v) is 4.29. The van der Waals surface area contributed by atoms with Crippen LogP contribution in [0.15, 0.2) is 30.7 Å². The van der Waals surface area contributed by atoms with E-state index in [2.05, 4.69) is 25.5 Å². The summed E-state index contributed by atoms with van der Waals surface area (Å²) in [5.41, 5.74) is 6.56. The van der Waals surface area contributed by atoms with Crippen molar-refractivity contribution in [1.29, 1.82) is 0 Å². The van der Waals surface area contributed by atoms with Crippen LogP contribution in [-0.4, -0.2) is 43.9 Å². The number of fused-ring (bicyclic) bond motifs is 1. The molecule has 0 aliphatic heterocycles. The lowest BCUT2D eigenvalue weighted by Crippen LogP contribution is -2.23. The molecule has 0 fully saturated rings. The van der Waals surface area contributed by atoms with E-state index < -0.39 is 11.7 Å². The number of halogens is 3. The van der Waals surface area contributed by atoms with Crippen LogP contribution in [0.5, 0.6) is 0 Å². The third kappa shape index (κ3) is 6.93. The summed E-state index contributed by atoms with van der Waals surface area (Å²) in [4.78, 5) is 30.8. The number of nitrogens with one attached hydrogen (secondary N) is 2. The van der Waals surface area contributed by atoms with E-state index in [-0.39, 0.29) is 12.5 Å². The number of amides is 2. The molecule has 0 spiro atoms. The highest BCUT2D eigenvalue weighted by molar-refractivity contribution is 6.01. The molecule has 3 aromatic heterocycles. The topological polar surface area (TPSA) is 130 Å². The fraction of sp³-hybridized carbons (Fsp3) is 0.350. The van der Waals surface area contributed by atoms with Gasteiger partial charge in [-0.2, -0.15) is 18.3 Å². The van der Waals surface area contributed by atoms with Gasteiger partial charge >= 0.3 is 6.18 Å². The Morgan fingerprint density at radius 3 is 2.56 bits per heavy atom. The molecule has 4 N–H and O–H groups in total. The van der Waals surface area contributed by atoms with E-state index in [1.165, 1.54) is 24.1 Å². The maximum Gasteiger partial charge on any atom is 0.417 e. The molecule has 0 aliphatic carbocycles. The fourth-order valence-corrected chi connectivity index (χ4v) is 2.66. The number of carbonyl (C=O) groups is 2. The second-order valence-corrected chi connectivity index (χ2v) is 6.86. The highest BCUT2D eigenvalue weighted by Crippen LogP contribution is 2.28. The zero-order valence-electron chi connectivity index (χ0n) is 17.6. The molecule has 12 heteroatoms. The lowest BCUT2D eigenvalue weighted by Gasteiger charge is -2.16. The number of alkyl halides is 3. The summed E-state index contributed by atoms with van der Waals surface area (Å²) >= 11 is 0. The first-order chi connectivity index (χ1) is 15.2. The molecule has 0 atom stereocenters. The number of H-pyrrole nitrogens is 1. The molecule has 172 valence electrons. The first kappa shape index (κ1) is 24.6. The number of hydrogen-bond donors (Lipinski definition) is 3. The van der Waals surface area contributed by atoms with Gasteiger partial charge in [0.25, 0.3) is 0 Å².